The predicted molar refractivity (Wildman–Crippen MR) is 33.0 cm³/mol. The molecule has 0 unspecified atom stereocenters. The summed E-state index contributed by atoms with van der Waals surface area (Å²) in [5.41, 5.74) is 0.746. The van der Waals surface area contributed by atoms with Crippen molar-refractivity contribution in [2.45, 2.75) is 13.5 Å². The minimum absolute atomic E-state index is 0.242. The van der Waals surface area contributed by atoms with Gasteiger partial charge in [-0.05, 0) is 6.07 Å². The first kappa shape index (κ1) is 6.86. The van der Waals surface area contributed by atoms with Crippen LogP contribution in [0.1, 0.15) is 12.5 Å². The minimum Gasteiger partial charge on any atom is -0.461 e. The quantitative estimate of drug-likeness (QED) is 0.577. The van der Waals surface area contributed by atoms with Crippen molar-refractivity contribution in [1.82, 2.24) is 0 Å². The van der Waals surface area contributed by atoms with E-state index in [0.29, 0.717) is 0 Å². The topological polar surface area (TPSA) is 39.4 Å². The second-order valence-electron chi connectivity index (χ2n) is 1.83. The maximum Gasteiger partial charge on any atom is 0.302 e. The van der Waals surface area contributed by atoms with Gasteiger partial charge in [-0.25, -0.2) is 0 Å². The molecule has 0 saturated carbocycles. The molecule has 0 atom stereocenters. The molecule has 0 fully saturated rings. The predicted octanol–water partition coefficient (Wildman–Crippen LogP) is 1.14. The molecule has 3 nitrogen and oxygen atoms in total. The summed E-state index contributed by atoms with van der Waals surface area (Å²) >= 11 is 0. The van der Waals surface area contributed by atoms with Gasteiger partial charge in [0.15, 0.2) is 6.26 Å². The molecule has 3 heteroatoms. The molecule has 1 rings (SSSR count). The molecule has 1 aromatic rings. The summed E-state index contributed by atoms with van der Waals surface area (Å²) in [6, 6.07) is 1.70. The highest BCUT2D eigenvalue weighted by Gasteiger charge is 1.96. The van der Waals surface area contributed by atoms with Gasteiger partial charge in [0.1, 0.15) is 6.61 Å². The molecule has 0 saturated heterocycles. The summed E-state index contributed by atoms with van der Waals surface area (Å²) in [6.07, 6.45) is 4.03. The molecule has 0 N–H and O–H groups in total. The average molecular weight is 139 g/mol. The van der Waals surface area contributed by atoms with Crippen LogP contribution in [0.2, 0.25) is 0 Å². The SMILES string of the molecule is CC(=O)OCc1[c]occ1. The third kappa shape index (κ3) is 1.93. The van der Waals surface area contributed by atoms with Crippen molar-refractivity contribution in [3.05, 3.63) is 24.2 Å². The molecular formula is C7H7O3. The van der Waals surface area contributed by atoms with Crippen LogP contribution >= 0.6 is 0 Å². The molecule has 0 aromatic carbocycles. The zero-order chi connectivity index (χ0) is 7.40. The van der Waals surface area contributed by atoms with E-state index in [1.54, 1.807) is 6.07 Å². The Kier molecular flexibility index (Phi) is 2.10. The molecule has 10 heavy (non-hydrogen) atoms. The van der Waals surface area contributed by atoms with Crippen molar-refractivity contribution < 1.29 is 13.9 Å². The Morgan fingerprint density at radius 3 is 3.20 bits per heavy atom. The van der Waals surface area contributed by atoms with Gasteiger partial charge < -0.3 is 9.15 Å². The van der Waals surface area contributed by atoms with Crippen LogP contribution in [0, 0.1) is 6.26 Å². The third-order valence-electron chi connectivity index (χ3n) is 0.958. The standard InChI is InChI=1S/C7H7O3/c1-6(8)10-5-7-2-3-9-4-7/h2-3H,5H2,1H3. The van der Waals surface area contributed by atoms with Gasteiger partial charge in [-0.2, -0.15) is 0 Å². The van der Waals surface area contributed by atoms with Crippen LogP contribution in [0.4, 0.5) is 0 Å². The fraction of sp³-hybridized carbons (Fsp3) is 0.286. The Bertz CT molecular complexity index is 201. The van der Waals surface area contributed by atoms with Crippen molar-refractivity contribution >= 4 is 5.97 Å². The van der Waals surface area contributed by atoms with E-state index in [1.165, 1.54) is 13.2 Å². The first-order chi connectivity index (χ1) is 4.79. The monoisotopic (exact) mass is 139 g/mol. The van der Waals surface area contributed by atoms with Crippen LogP contribution in [0.25, 0.3) is 0 Å². The van der Waals surface area contributed by atoms with Crippen LogP contribution in [0.5, 0.6) is 0 Å². The fourth-order valence-corrected chi connectivity index (χ4v) is 0.517. The van der Waals surface area contributed by atoms with Crippen molar-refractivity contribution in [1.29, 1.82) is 0 Å². The lowest BCUT2D eigenvalue weighted by Gasteiger charge is -1.95. The van der Waals surface area contributed by atoms with Gasteiger partial charge in [-0.15, -0.1) is 0 Å². The van der Waals surface area contributed by atoms with Gasteiger partial charge in [0.2, 0.25) is 0 Å². The highest BCUT2D eigenvalue weighted by Crippen LogP contribution is 2.00. The zero-order valence-electron chi connectivity index (χ0n) is 5.59. The van der Waals surface area contributed by atoms with E-state index in [-0.39, 0.29) is 12.6 Å². The summed E-state index contributed by atoms with van der Waals surface area (Å²) in [5, 5.41) is 0. The Hall–Kier alpha value is -1.25. The number of ether oxygens (including phenoxy) is 1. The maximum atomic E-state index is 10.3. The number of hydrogen-bond donors (Lipinski definition) is 0. The molecule has 0 aliphatic rings. The number of hydrogen-bond acceptors (Lipinski definition) is 3. The average Bonchev–Trinajstić information content (AvgIpc) is 2.34. The first-order valence-corrected chi connectivity index (χ1v) is 2.86. The normalized spacial score (nSPS) is 9.30. The molecule has 0 amide bonds. The molecule has 0 spiro atoms. The molecular weight excluding hydrogens is 132 g/mol. The third-order valence-corrected chi connectivity index (χ3v) is 0.958. The lowest BCUT2D eigenvalue weighted by Crippen LogP contribution is -1.97. The van der Waals surface area contributed by atoms with Gasteiger partial charge >= 0.3 is 5.97 Å². The molecule has 0 bridgehead atoms. The van der Waals surface area contributed by atoms with Crippen LogP contribution in [-0.2, 0) is 16.1 Å². The molecule has 1 aromatic heterocycles. The van der Waals surface area contributed by atoms with Crippen molar-refractivity contribution in [2.75, 3.05) is 0 Å². The van der Waals surface area contributed by atoms with Crippen LogP contribution < -0.4 is 0 Å². The van der Waals surface area contributed by atoms with E-state index < -0.39 is 0 Å². The van der Waals surface area contributed by atoms with Gasteiger partial charge in [-0.3, -0.25) is 4.79 Å². The number of carbonyl (C=O) groups excluding carboxylic acids is 1. The van der Waals surface area contributed by atoms with Crippen molar-refractivity contribution in [2.24, 2.45) is 0 Å². The molecule has 0 aliphatic heterocycles. The lowest BCUT2D eigenvalue weighted by molar-refractivity contribution is -0.142. The van der Waals surface area contributed by atoms with E-state index >= 15 is 0 Å². The highest BCUT2D eigenvalue weighted by atomic mass is 16.5. The Morgan fingerprint density at radius 2 is 2.70 bits per heavy atom. The van der Waals surface area contributed by atoms with Gasteiger partial charge in [-0.1, -0.05) is 0 Å². The van der Waals surface area contributed by atoms with E-state index in [2.05, 4.69) is 15.4 Å². The molecule has 1 radical (unpaired) electrons. The lowest BCUT2D eigenvalue weighted by atomic mass is 10.4. The summed E-state index contributed by atoms with van der Waals surface area (Å²) in [6.45, 7) is 1.60. The second-order valence-corrected chi connectivity index (χ2v) is 1.83. The van der Waals surface area contributed by atoms with E-state index in [1.807, 2.05) is 0 Å². The Balaban J connectivity index is 2.35. The summed E-state index contributed by atoms with van der Waals surface area (Å²) in [4.78, 5) is 10.3. The van der Waals surface area contributed by atoms with Crippen LogP contribution in [0.3, 0.4) is 0 Å². The van der Waals surface area contributed by atoms with Crippen LogP contribution in [-0.4, -0.2) is 5.97 Å². The fourth-order valence-electron chi connectivity index (χ4n) is 0.517. The van der Waals surface area contributed by atoms with E-state index in [9.17, 15) is 4.79 Å². The Labute approximate surface area is 58.6 Å². The maximum absolute atomic E-state index is 10.3. The highest BCUT2D eigenvalue weighted by molar-refractivity contribution is 5.65. The number of carbonyl (C=O) groups is 1. The van der Waals surface area contributed by atoms with Crippen molar-refractivity contribution in [3.8, 4) is 0 Å². The largest absolute Gasteiger partial charge is 0.461 e. The number of furan rings is 1. The smallest absolute Gasteiger partial charge is 0.302 e. The minimum atomic E-state index is -0.297. The van der Waals surface area contributed by atoms with Gasteiger partial charge in [0.25, 0.3) is 0 Å². The summed E-state index contributed by atoms with van der Waals surface area (Å²) in [5.74, 6) is -0.297. The van der Waals surface area contributed by atoms with Crippen LogP contribution in [0.15, 0.2) is 16.7 Å². The second kappa shape index (κ2) is 3.06. The number of rotatable bonds is 2. The zero-order valence-corrected chi connectivity index (χ0v) is 5.59. The van der Waals surface area contributed by atoms with Gasteiger partial charge in [0.05, 0.1) is 6.26 Å². The van der Waals surface area contributed by atoms with E-state index in [0.717, 1.165) is 5.56 Å². The summed E-state index contributed by atoms with van der Waals surface area (Å²) < 4.78 is 9.29. The first-order valence-electron chi connectivity index (χ1n) is 2.86. The summed E-state index contributed by atoms with van der Waals surface area (Å²) in [7, 11) is 0. The van der Waals surface area contributed by atoms with Crippen molar-refractivity contribution in [3.63, 3.8) is 0 Å². The van der Waals surface area contributed by atoms with E-state index in [4.69, 9.17) is 0 Å². The Morgan fingerprint density at radius 1 is 1.90 bits per heavy atom. The molecule has 0 aliphatic carbocycles. The molecule has 53 valence electrons. The van der Waals surface area contributed by atoms with Gasteiger partial charge in [0, 0.05) is 12.5 Å². The number of esters is 1. The molecule has 1 heterocycles.